The Morgan fingerprint density at radius 3 is 2.82 bits per heavy atom. The maximum absolute atomic E-state index is 9.66. The molecular weight excluding hydrogens is 428 g/mol. The molecular formula is C27H22N4OS. The van der Waals surface area contributed by atoms with Gasteiger partial charge in [-0.15, -0.1) is 0 Å². The van der Waals surface area contributed by atoms with Gasteiger partial charge in [-0.25, -0.2) is 4.98 Å². The molecule has 1 aliphatic heterocycles. The number of nitrogens with one attached hydrogen (secondary N) is 1. The molecule has 1 unspecified atom stereocenters. The molecule has 4 aromatic rings. The van der Waals surface area contributed by atoms with E-state index < -0.39 is 5.41 Å². The minimum atomic E-state index is -0.665. The third-order valence-electron chi connectivity index (χ3n) is 5.99. The van der Waals surface area contributed by atoms with Crippen LogP contribution in [0.5, 0.6) is 0 Å². The van der Waals surface area contributed by atoms with Gasteiger partial charge >= 0.3 is 0 Å². The van der Waals surface area contributed by atoms with Crippen LogP contribution in [0.2, 0.25) is 0 Å². The molecule has 6 heteroatoms. The van der Waals surface area contributed by atoms with Gasteiger partial charge in [-0.3, -0.25) is 4.98 Å². The van der Waals surface area contributed by atoms with E-state index in [0.717, 1.165) is 44.5 Å². The maximum atomic E-state index is 9.66. The Hall–Kier alpha value is -3.66. The summed E-state index contributed by atoms with van der Waals surface area (Å²) in [5.41, 5.74) is 6.01. The van der Waals surface area contributed by atoms with Crippen molar-refractivity contribution in [2.45, 2.75) is 25.5 Å². The van der Waals surface area contributed by atoms with Crippen LogP contribution in [-0.2, 0) is 23.3 Å². The first-order valence-electron chi connectivity index (χ1n) is 10.8. The topological polar surface area (TPSA) is 70.8 Å². The van der Waals surface area contributed by atoms with Gasteiger partial charge in [0.15, 0.2) is 0 Å². The first kappa shape index (κ1) is 21.2. The summed E-state index contributed by atoms with van der Waals surface area (Å²) < 4.78 is 5.59. The van der Waals surface area contributed by atoms with E-state index >= 15 is 0 Å². The lowest BCUT2D eigenvalue weighted by Gasteiger charge is -2.30. The smallest absolute Gasteiger partial charge is 0.106 e. The molecule has 33 heavy (non-hydrogen) atoms. The van der Waals surface area contributed by atoms with Gasteiger partial charge in [0.1, 0.15) is 10.4 Å². The number of benzene rings is 2. The monoisotopic (exact) mass is 450 g/mol. The summed E-state index contributed by atoms with van der Waals surface area (Å²) in [5, 5.41) is 14.0. The number of pyridine rings is 2. The molecule has 0 radical (unpaired) electrons. The molecule has 3 heterocycles. The molecule has 0 aliphatic carbocycles. The molecule has 5 rings (SSSR count). The Balaban J connectivity index is 1.35. The van der Waals surface area contributed by atoms with Crippen LogP contribution < -0.4 is 5.32 Å². The number of ether oxygens (including phenoxy) is 1. The van der Waals surface area contributed by atoms with E-state index in [-0.39, 0.29) is 0 Å². The zero-order chi connectivity index (χ0) is 22.8. The molecule has 0 saturated heterocycles. The average Bonchev–Trinajstić information content (AvgIpc) is 2.87. The lowest BCUT2D eigenvalue weighted by Crippen LogP contribution is -2.32. The van der Waals surface area contributed by atoms with Crippen LogP contribution in [0, 0.1) is 11.3 Å². The van der Waals surface area contributed by atoms with Crippen molar-refractivity contribution in [2.75, 3.05) is 6.61 Å². The lowest BCUT2D eigenvalue weighted by atomic mass is 9.80. The van der Waals surface area contributed by atoms with Crippen molar-refractivity contribution in [3.63, 3.8) is 0 Å². The van der Waals surface area contributed by atoms with Crippen LogP contribution in [0.4, 0.5) is 0 Å². The molecule has 5 nitrogen and oxygen atoms in total. The fourth-order valence-corrected chi connectivity index (χ4v) is 4.29. The molecule has 1 atom stereocenters. The number of nitrogens with zero attached hydrogens (tertiary/aromatic N) is 3. The lowest BCUT2D eigenvalue weighted by molar-refractivity contribution is 0.0759. The van der Waals surface area contributed by atoms with Crippen molar-refractivity contribution in [1.29, 1.82) is 5.26 Å². The summed E-state index contributed by atoms with van der Waals surface area (Å²) in [6.45, 7) is 3.30. The second kappa shape index (κ2) is 8.70. The summed E-state index contributed by atoms with van der Waals surface area (Å²) in [6, 6.07) is 24.6. The Morgan fingerprint density at radius 2 is 2.00 bits per heavy atom. The van der Waals surface area contributed by atoms with Crippen molar-refractivity contribution >= 4 is 28.1 Å². The van der Waals surface area contributed by atoms with E-state index in [0.29, 0.717) is 24.7 Å². The van der Waals surface area contributed by atoms with E-state index in [1.54, 1.807) is 0 Å². The van der Waals surface area contributed by atoms with E-state index in [4.69, 9.17) is 21.9 Å². The molecule has 0 saturated carbocycles. The molecule has 0 bridgehead atoms. The number of rotatable bonds is 4. The first-order chi connectivity index (χ1) is 16.1. The number of hydrogen-bond donors (Lipinski definition) is 1. The number of thiocarbonyl (C=S) groups is 1. The number of hydrogen-bond acceptors (Lipinski definition) is 5. The van der Waals surface area contributed by atoms with Crippen molar-refractivity contribution in [3.8, 4) is 17.3 Å². The summed E-state index contributed by atoms with van der Waals surface area (Å²) in [4.78, 5) is 10.0. The fourth-order valence-electron chi connectivity index (χ4n) is 4.09. The summed E-state index contributed by atoms with van der Waals surface area (Å²) >= 11 is 5.65. The third kappa shape index (κ3) is 4.21. The van der Waals surface area contributed by atoms with Gasteiger partial charge in [0.05, 0.1) is 42.7 Å². The Bertz CT molecular complexity index is 1400. The molecule has 1 aliphatic rings. The van der Waals surface area contributed by atoms with Gasteiger partial charge in [0, 0.05) is 22.7 Å². The Morgan fingerprint density at radius 1 is 1.15 bits per heavy atom. The van der Waals surface area contributed by atoms with Gasteiger partial charge < -0.3 is 10.1 Å². The molecule has 2 aromatic carbocycles. The fraction of sp³-hybridized carbons (Fsp3) is 0.185. The quantitative estimate of drug-likeness (QED) is 0.438. The van der Waals surface area contributed by atoms with Crippen LogP contribution in [0.1, 0.15) is 29.3 Å². The van der Waals surface area contributed by atoms with E-state index in [1.807, 2.05) is 67.7 Å². The van der Waals surface area contributed by atoms with Crippen LogP contribution in [-0.4, -0.2) is 21.6 Å². The largest absolute Gasteiger partial charge is 0.375 e. The third-order valence-corrected chi connectivity index (χ3v) is 6.37. The highest BCUT2D eigenvalue weighted by molar-refractivity contribution is 7.80. The zero-order valence-corrected chi connectivity index (χ0v) is 19.0. The number of aromatic nitrogens is 2. The van der Waals surface area contributed by atoms with Crippen LogP contribution in [0.3, 0.4) is 0 Å². The molecule has 162 valence electrons. The number of nitriles is 1. The minimum absolute atomic E-state index is 0.388. The van der Waals surface area contributed by atoms with E-state index in [2.05, 4.69) is 28.5 Å². The molecule has 1 N–H and O–H groups in total. The predicted molar refractivity (Wildman–Crippen MR) is 133 cm³/mol. The standard InChI is InChI=1S/C27H22N4OS/c1-27(16-28)17-32-15-21-8-7-19(11-23(21)27)26(33)30-14-22-12-25-20(13-29-22)9-10-24(31-25)18-5-3-2-4-6-18/h2-13H,14-15,17H2,1H3,(H,30,33). The normalized spacial score (nSPS) is 17.2. The highest BCUT2D eigenvalue weighted by Crippen LogP contribution is 2.32. The van der Waals surface area contributed by atoms with E-state index in [9.17, 15) is 5.26 Å². The highest BCUT2D eigenvalue weighted by atomic mass is 32.1. The van der Waals surface area contributed by atoms with Gasteiger partial charge in [-0.05, 0) is 42.3 Å². The average molecular weight is 451 g/mol. The van der Waals surface area contributed by atoms with Crippen LogP contribution >= 0.6 is 12.2 Å². The van der Waals surface area contributed by atoms with Crippen molar-refractivity contribution in [2.24, 2.45) is 0 Å². The highest BCUT2D eigenvalue weighted by Gasteiger charge is 2.33. The summed E-state index contributed by atoms with van der Waals surface area (Å²) in [5.74, 6) is 0. The first-order valence-corrected chi connectivity index (χ1v) is 11.2. The van der Waals surface area contributed by atoms with Gasteiger partial charge in [-0.2, -0.15) is 5.26 Å². The van der Waals surface area contributed by atoms with E-state index in [1.165, 1.54) is 0 Å². The van der Waals surface area contributed by atoms with Crippen molar-refractivity contribution in [1.82, 2.24) is 15.3 Å². The summed E-state index contributed by atoms with van der Waals surface area (Å²) in [6.07, 6.45) is 1.84. The Kier molecular flexibility index (Phi) is 5.59. The molecule has 0 amide bonds. The molecule has 0 fully saturated rings. The van der Waals surface area contributed by atoms with Gasteiger partial charge in [-0.1, -0.05) is 54.7 Å². The molecule has 0 spiro atoms. The van der Waals surface area contributed by atoms with Crippen molar-refractivity contribution in [3.05, 3.63) is 95.3 Å². The van der Waals surface area contributed by atoms with Crippen LogP contribution in [0.25, 0.3) is 22.2 Å². The van der Waals surface area contributed by atoms with Crippen LogP contribution in [0.15, 0.2) is 72.9 Å². The second-order valence-corrected chi connectivity index (χ2v) is 8.83. The van der Waals surface area contributed by atoms with Crippen molar-refractivity contribution < 1.29 is 4.74 Å². The maximum Gasteiger partial charge on any atom is 0.106 e. The SMILES string of the molecule is CC1(C#N)COCc2ccc(C(=S)NCc3cc4nc(-c5ccccc5)ccc4cn3)cc21. The van der Waals surface area contributed by atoms with Gasteiger partial charge in [0.2, 0.25) is 0 Å². The zero-order valence-electron chi connectivity index (χ0n) is 18.2. The minimum Gasteiger partial charge on any atom is -0.375 e. The predicted octanol–water partition coefficient (Wildman–Crippen LogP) is 5.07. The Labute approximate surface area is 198 Å². The second-order valence-electron chi connectivity index (χ2n) is 8.42. The number of fused-ring (bicyclic) bond motifs is 2. The summed E-state index contributed by atoms with van der Waals surface area (Å²) in [7, 11) is 0. The van der Waals surface area contributed by atoms with Gasteiger partial charge in [0.25, 0.3) is 0 Å². The molecule has 2 aromatic heterocycles.